The molecule has 5 heteroatoms. The Morgan fingerprint density at radius 1 is 1.29 bits per heavy atom. The lowest BCUT2D eigenvalue weighted by Gasteiger charge is -2.16. The zero-order valence-electron chi connectivity index (χ0n) is 9.26. The second-order valence-corrected chi connectivity index (χ2v) is 3.81. The Kier molecular flexibility index (Phi) is 3.39. The normalized spacial score (nSPS) is 13.5. The molecule has 0 bridgehead atoms. The van der Waals surface area contributed by atoms with Crippen molar-refractivity contribution in [3.05, 3.63) is 29.8 Å². The van der Waals surface area contributed by atoms with Crippen molar-refractivity contribution in [1.82, 2.24) is 0 Å². The van der Waals surface area contributed by atoms with Crippen LogP contribution >= 0.6 is 0 Å². The molecule has 0 atom stereocenters. The highest BCUT2D eigenvalue weighted by molar-refractivity contribution is 5.96. The number of hydrogen-bond acceptors (Lipinski definition) is 3. The maximum atomic E-state index is 11.8. The summed E-state index contributed by atoms with van der Waals surface area (Å²) >= 11 is 0. The number of fused-ring (bicyclic) bond motifs is 1. The third-order valence-electron chi connectivity index (χ3n) is 2.64. The Hall–Kier alpha value is -1.88. The number of carboxylic acid groups (broad SMARTS) is 1. The molecule has 0 saturated carbocycles. The average molecular weight is 235 g/mol. The van der Waals surface area contributed by atoms with Crippen LogP contribution in [0.3, 0.4) is 0 Å². The fourth-order valence-corrected chi connectivity index (χ4v) is 1.90. The summed E-state index contributed by atoms with van der Waals surface area (Å²) in [6.45, 7) is -0.00350. The highest BCUT2D eigenvalue weighted by atomic mass is 16.5. The lowest BCUT2D eigenvalue weighted by molar-refractivity contribution is -0.143. The van der Waals surface area contributed by atoms with Gasteiger partial charge in [0.2, 0.25) is 0 Å². The summed E-state index contributed by atoms with van der Waals surface area (Å²) in [5, 5.41) is 8.40. The third-order valence-corrected chi connectivity index (χ3v) is 2.64. The number of nitrogens with zero attached hydrogens (tertiary/aromatic N) is 1. The molecule has 0 saturated heterocycles. The van der Waals surface area contributed by atoms with Crippen LogP contribution in [0.25, 0.3) is 0 Å². The van der Waals surface area contributed by atoms with Crippen LogP contribution in [0.4, 0.5) is 5.69 Å². The summed E-state index contributed by atoms with van der Waals surface area (Å²) in [6, 6.07) is 7.69. The van der Waals surface area contributed by atoms with E-state index < -0.39 is 12.6 Å². The topological polar surface area (TPSA) is 66.8 Å². The van der Waals surface area contributed by atoms with Crippen LogP contribution in [0.1, 0.15) is 5.56 Å². The molecule has 0 aromatic heterocycles. The number of rotatable bonds is 4. The van der Waals surface area contributed by atoms with Gasteiger partial charge in [0.15, 0.2) is 0 Å². The van der Waals surface area contributed by atoms with Crippen molar-refractivity contribution in [3.8, 4) is 0 Å². The molecule has 0 unspecified atom stereocenters. The summed E-state index contributed by atoms with van der Waals surface area (Å²) in [4.78, 5) is 23.7. The van der Waals surface area contributed by atoms with Gasteiger partial charge in [0.1, 0.15) is 13.2 Å². The molecule has 0 fully saturated rings. The van der Waals surface area contributed by atoms with Crippen molar-refractivity contribution in [2.75, 3.05) is 24.7 Å². The van der Waals surface area contributed by atoms with Crippen LogP contribution in [0.15, 0.2) is 24.3 Å². The predicted octanol–water partition coefficient (Wildman–Crippen LogP) is 0.677. The number of amides is 1. The molecule has 1 aliphatic rings. The van der Waals surface area contributed by atoms with Crippen LogP contribution in [-0.4, -0.2) is 36.7 Å². The Balaban J connectivity index is 1.96. The quantitative estimate of drug-likeness (QED) is 0.833. The summed E-state index contributed by atoms with van der Waals surface area (Å²) < 4.78 is 4.79. The number of hydrogen-bond donors (Lipinski definition) is 1. The number of ether oxygens (including phenoxy) is 1. The second kappa shape index (κ2) is 4.97. The molecule has 90 valence electrons. The first-order valence-electron chi connectivity index (χ1n) is 5.36. The van der Waals surface area contributed by atoms with Crippen molar-refractivity contribution in [1.29, 1.82) is 0 Å². The molecular formula is C12H13NO4. The number of carbonyl (C=O) groups is 2. The Bertz CT molecular complexity index is 444. The highest BCUT2D eigenvalue weighted by Crippen LogP contribution is 2.27. The van der Waals surface area contributed by atoms with Gasteiger partial charge in [0.05, 0.1) is 0 Å². The van der Waals surface area contributed by atoms with Gasteiger partial charge in [-0.2, -0.15) is 0 Å². The monoisotopic (exact) mass is 235 g/mol. The number of para-hydroxylation sites is 1. The van der Waals surface area contributed by atoms with Crippen LogP contribution in [0, 0.1) is 0 Å². The summed E-state index contributed by atoms with van der Waals surface area (Å²) in [5.74, 6) is -1.27. The first-order chi connectivity index (χ1) is 8.18. The SMILES string of the molecule is O=C(O)COCC(=O)N1CCc2ccccc21. The molecule has 1 aliphatic heterocycles. The minimum atomic E-state index is -1.07. The van der Waals surface area contributed by atoms with Crippen LogP contribution in [0.2, 0.25) is 0 Å². The largest absolute Gasteiger partial charge is 0.480 e. The van der Waals surface area contributed by atoms with E-state index in [1.165, 1.54) is 0 Å². The fourth-order valence-electron chi connectivity index (χ4n) is 1.90. The molecule has 0 radical (unpaired) electrons. The van der Waals surface area contributed by atoms with Crippen LogP contribution < -0.4 is 4.90 Å². The average Bonchev–Trinajstić information content (AvgIpc) is 2.72. The van der Waals surface area contributed by atoms with E-state index in [0.717, 1.165) is 17.7 Å². The molecule has 1 heterocycles. The Labute approximate surface area is 98.6 Å². The molecule has 1 aromatic carbocycles. The van der Waals surface area contributed by atoms with Gasteiger partial charge in [0.25, 0.3) is 5.91 Å². The molecule has 1 aromatic rings. The van der Waals surface area contributed by atoms with E-state index in [1.54, 1.807) is 4.90 Å². The smallest absolute Gasteiger partial charge is 0.329 e. The molecule has 0 spiro atoms. The maximum absolute atomic E-state index is 11.8. The van der Waals surface area contributed by atoms with Gasteiger partial charge < -0.3 is 14.7 Å². The molecule has 5 nitrogen and oxygen atoms in total. The highest BCUT2D eigenvalue weighted by Gasteiger charge is 2.23. The van der Waals surface area contributed by atoms with Crippen molar-refractivity contribution in [2.45, 2.75) is 6.42 Å². The van der Waals surface area contributed by atoms with Gasteiger partial charge in [-0.1, -0.05) is 18.2 Å². The maximum Gasteiger partial charge on any atom is 0.329 e. The zero-order chi connectivity index (χ0) is 12.3. The van der Waals surface area contributed by atoms with Gasteiger partial charge in [-0.05, 0) is 18.1 Å². The summed E-state index contributed by atoms with van der Waals surface area (Å²) in [7, 11) is 0. The van der Waals surface area contributed by atoms with Gasteiger partial charge in [-0.3, -0.25) is 4.79 Å². The number of anilines is 1. The van der Waals surface area contributed by atoms with Gasteiger partial charge in [-0.25, -0.2) is 4.79 Å². The number of carboxylic acids is 1. The first-order valence-corrected chi connectivity index (χ1v) is 5.36. The fraction of sp³-hybridized carbons (Fsp3) is 0.333. The molecule has 0 aliphatic carbocycles. The number of carbonyl (C=O) groups excluding carboxylic acids is 1. The van der Waals surface area contributed by atoms with Gasteiger partial charge >= 0.3 is 5.97 Å². The van der Waals surface area contributed by atoms with Crippen LogP contribution in [0.5, 0.6) is 0 Å². The molecular weight excluding hydrogens is 222 g/mol. The van der Waals surface area contributed by atoms with E-state index in [1.807, 2.05) is 24.3 Å². The minimum absolute atomic E-state index is 0.194. The minimum Gasteiger partial charge on any atom is -0.480 e. The molecule has 17 heavy (non-hydrogen) atoms. The predicted molar refractivity (Wildman–Crippen MR) is 61.0 cm³/mol. The Morgan fingerprint density at radius 2 is 2.06 bits per heavy atom. The van der Waals surface area contributed by atoms with Crippen molar-refractivity contribution < 1.29 is 19.4 Å². The second-order valence-electron chi connectivity index (χ2n) is 3.81. The first kappa shape index (κ1) is 11.6. The number of aliphatic carboxylic acids is 1. The van der Waals surface area contributed by atoms with Gasteiger partial charge in [-0.15, -0.1) is 0 Å². The van der Waals surface area contributed by atoms with Crippen molar-refractivity contribution >= 4 is 17.6 Å². The van der Waals surface area contributed by atoms with E-state index >= 15 is 0 Å². The molecule has 1 N–H and O–H groups in total. The zero-order valence-corrected chi connectivity index (χ0v) is 9.26. The standard InChI is InChI=1S/C12H13NO4/c14-11(7-17-8-12(15)16)13-6-5-9-3-1-2-4-10(9)13/h1-4H,5-8H2,(H,15,16). The summed E-state index contributed by atoms with van der Waals surface area (Å²) in [5.41, 5.74) is 2.04. The van der Waals surface area contributed by atoms with E-state index in [2.05, 4.69) is 0 Å². The van der Waals surface area contributed by atoms with E-state index in [-0.39, 0.29) is 12.5 Å². The van der Waals surface area contributed by atoms with E-state index in [4.69, 9.17) is 9.84 Å². The van der Waals surface area contributed by atoms with E-state index in [0.29, 0.717) is 6.54 Å². The number of benzene rings is 1. The lowest BCUT2D eigenvalue weighted by atomic mass is 10.2. The van der Waals surface area contributed by atoms with E-state index in [9.17, 15) is 9.59 Å². The van der Waals surface area contributed by atoms with Crippen LogP contribution in [-0.2, 0) is 20.7 Å². The molecule has 2 rings (SSSR count). The van der Waals surface area contributed by atoms with Gasteiger partial charge in [0, 0.05) is 12.2 Å². The lowest BCUT2D eigenvalue weighted by Crippen LogP contribution is -2.33. The van der Waals surface area contributed by atoms with Crippen molar-refractivity contribution in [3.63, 3.8) is 0 Å². The third kappa shape index (κ3) is 2.62. The molecule has 1 amide bonds. The summed E-state index contributed by atoms with van der Waals surface area (Å²) in [6.07, 6.45) is 0.834. The van der Waals surface area contributed by atoms with Crippen molar-refractivity contribution in [2.24, 2.45) is 0 Å². The Morgan fingerprint density at radius 3 is 2.82 bits per heavy atom.